The lowest BCUT2D eigenvalue weighted by Gasteiger charge is -2.19. The Morgan fingerprint density at radius 1 is 0.529 bits per heavy atom. The summed E-state index contributed by atoms with van der Waals surface area (Å²) in [4.78, 5) is 1.87. The van der Waals surface area contributed by atoms with Crippen LogP contribution in [-0.4, -0.2) is 19.6 Å². The van der Waals surface area contributed by atoms with Gasteiger partial charge in [0.2, 0.25) is 0 Å². The van der Waals surface area contributed by atoms with Gasteiger partial charge in [0.1, 0.15) is 0 Å². The Kier molecular flexibility index (Phi) is 19.7. The number of unbranched alkanes of at least 4 members (excludes halogenated alkanes) is 6. The summed E-state index contributed by atoms with van der Waals surface area (Å²) in [5, 5.41) is 0. The van der Waals surface area contributed by atoms with Crippen molar-refractivity contribution in [2.24, 2.45) is 0 Å². The van der Waals surface area contributed by atoms with Crippen LogP contribution < -0.4 is 28.9 Å². The van der Waals surface area contributed by atoms with E-state index >= 15 is 0 Å². The van der Waals surface area contributed by atoms with Crippen molar-refractivity contribution in [3.63, 3.8) is 0 Å². The van der Waals surface area contributed by atoms with E-state index in [9.17, 15) is 0 Å². The number of nitrogens with one attached hydrogen (secondary N) is 1. The smallest absolute Gasteiger partial charge is 0.0770 e. The molecule has 0 aliphatic heterocycles. The van der Waals surface area contributed by atoms with Gasteiger partial charge < -0.3 is 28.9 Å². The Labute approximate surface area is 127 Å². The van der Waals surface area contributed by atoms with Crippen LogP contribution in [-0.2, 0) is 0 Å². The van der Waals surface area contributed by atoms with Crippen LogP contribution in [0.3, 0.4) is 0 Å². The molecule has 0 aromatic rings. The number of halogens is 1. The molecule has 106 valence electrons. The van der Waals surface area contributed by atoms with Crippen molar-refractivity contribution in [1.82, 2.24) is 0 Å². The van der Waals surface area contributed by atoms with Gasteiger partial charge in [-0.15, -0.1) is 0 Å². The zero-order valence-corrected chi connectivity index (χ0v) is 14.5. The van der Waals surface area contributed by atoms with Crippen LogP contribution in [0.5, 0.6) is 0 Å². The topological polar surface area (TPSA) is 4.44 Å². The van der Waals surface area contributed by atoms with Crippen LogP contribution in [0, 0.1) is 0 Å². The molecule has 0 aliphatic rings. The minimum atomic E-state index is 0. The molecule has 0 heterocycles. The van der Waals surface area contributed by atoms with Gasteiger partial charge in [-0.1, -0.05) is 46.5 Å². The maximum Gasteiger partial charge on any atom is 0.0770 e. The van der Waals surface area contributed by atoms with Crippen LogP contribution in [0.25, 0.3) is 0 Å². The zero-order valence-electron chi connectivity index (χ0n) is 12.4. The average molecular weight is 355 g/mol. The van der Waals surface area contributed by atoms with Gasteiger partial charge in [-0.2, -0.15) is 0 Å². The maximum atomic E-state index is 2.31. The van der Waals surface area contributed by atoms with Crippen LogP contribution in [0.2, 0.25) is 0 Å². The second kappa shape index (κ2) is 16.7. The average Bonchev–Trinajstić information content (AvgIpc) is 2.31. The summed E-state index contributed by atoms with van der Waals surface area (Å²) in [6.07, 6.45) is 12.7. The second-order valence-corrected chi connectivity index (χ2v) is 5.12. The van der Waals surface area contributed by atoms with Crippen molar-refractivity contribution in [2.75, 3.05) is 19.6 Å². The molecule has 0 rings (SSSR count). The largest absolute Gasteiger partial charge is 1.00 e. The summed E-state index contributed by atoms with van der Waals surface area (Å²) in [6, 6.07) is 0. The van der Waals surface area contributed by atoms with Crippen molar-refractivity contribution in [2.45, 2.75) is 78.6 Å². The molecule has 17 heavy (non-hydrogen) atoms. The summed E-state index contributed by atoms with van der Waals surface area (Å²) >= 11 is 0. The summed E-state index contributed by atoms with van der Waals surface area (Å²) in [7, 11) is 0. The molecule has 0 radical (unpaired) electrons. The van der Waals surface area contributed by atoms with Crippen molar-refractivity contribution < 1.29 is 28.9 Å². The van der Waals surface area contributed by atoms with Crippen molar-refractivity contribution >= 4 is 0 Å². The second-order valence-electron chi connectivity index (χ2n) is 5.12. The molecule has 1 N–H and O–H groups in total. The molecule has 1 atom stereocenters. The molecule has 2 heteroatoms. The van der Waals surface area contributed by atoms with Gasteiger partial charge in [0.25, 0.3) is 0 Å². The summed E-state index contributed by atoms with van der Waals surface area (Å²) in [5.74, 6) is 0. The van der Waals surface area contributed by atoms with Gasteiger partial charge >= 0.3 is 0 Å². The third-order valence-corrected chi connectivity index (χ3v) is 3.40. The molecular formula is C15H34IN. The Hall–Kier alpha value is 0.690. The lowest BCUT2D eigenvalue weighted by atomic mass is 10.2. The van der Waals surface area contributed by atoms with Crippen molar-refractivity contribution in [3.05, 3.63) is 0 Å². The predicted molar refractivity (Wildman–Crippen MR) is 74.1 cm³/mol. The summed E-state index contributed by atoms with van der Waals surface area (Å²) in [5.41, 5.74) is 0. The highest BCUT2D eigenvalue weighted by molar-refractivity contribution is 4.41. The van der Waals surface area contributed by atoms with E-state index in [0.717, 1.165) is 0 Å². The lowest BCUT2D eigenvalue weighted by molar-refractivity contribution is -0.900. The van der Waals surface area contributed by atoms with Gasteiger partial charge in [-0.25, -0.2) is 0 Å². The van der Waals surface area contributed by atoms with Gasteiger partial charge in [-0.3, -0.25) is 0 Å². The monoisotopic (exact) mass is 355 g/mol. The van der Waals surface area contributed by atoms with Crippen LogP contribution >= 0.6 is 0 Å². The summed E-state index contributed by atoms with van der Waals surface area (Å²) in [6.45, 7) is 11.1. The van der Waals surface area contributed by atoms with Crippen molar-refractivity contribution in [1.29, 1.82) is 0 Å². The minimum absolute atomic E-state index is 0. The molecule has 0 saturated heterocycles. The molecule has 0 amide bonds. The van der Waals surface area contributed by atoms with Gasteiger partial charge in [0.15, 0.2) is 0 Å². The first kappa shape index (κ1) is 20.0. The van der Waals surface area contributed by atoms with E-state index in [2.05, 4.69) is 20.8 Å². The Bertz CT molecular complexity index is 128. The van der Waals surface area contributed by atoms with E-state index in [1.54, 1.807) is 0 Å². The van der Waals surface area contributed by atoms with Gasteiger partial charge in [-0.05, 0) is 32.1 Å². The fourth-order valence-corrected chi connectivity index (χ4v) is 2.23. The fourth-order valence-electron chi connectivity index (χ4n) is 2.23. The molecule has 1 unspecified atom stereocenters. The Balaban J connectivity index is 0. The molecule has 0 spiro atoms. The van der Waals surface area contributed by atoms with Gasteiger partial charge in [0.05, 0.1) is 19.6 Å². The number of hydrogen-bond donors (Lipinski definition) is 1. The molecule has 0 bridgehead atoms. The Morgan fingerprint density at radius 2 is 0.941 bits per heavy atom. The fraction of sp³-hybridized carbons (Fsp3) is 1.00. The standard InChI is InChI=1S/C15H33N.HI/c1-4-7-10-12-15-16(13-9-6-3)14-11-8-5-2;/h4-15H2,1-3H3;1H. The number of rotatable bonds is 12. The SMILES string of the molecule is CCCCCC[NH+](CCCC)CCCCC.[I-]. The Morgan fingerprint density at radius 3 is 1.47 bits per heavy atom. The lowest BCUT2D eigenvalue weighted by Crippen LogP contribution is -3.12. The first-order valence-corrected chi connectivity index (χ1v) is 7.68. The minimum Gasteiger partial charge on any atom is -1.00 e. The first-order valence-electron chi connectivity index (χ1n) is 7.68. The third-order valence-electron chi connectivity index (χ3n) is 3.40. The van der Waals surface area contributed by atoms with Gasteiger partial charge in [0, 0.05) is 0 Å². The quantitative estimate of drug-likeness (QED) is 0.383. The highest BCUT2D eigenvalue weighted by Gasteiger charge is 2.06. The molecule has 0 aromatic carbocycles. The number of hydrogen-bond acceptors (Lipinski definition) is 0. The molecule has 0 saturated carbocycles. The number of quaternary nitrogens is 1. The highest BCUT2D eigenvalue weighted by Crippen LogP contribution is 1.96. The normalized spacial score (nSPS) is 12.2. The first-order chi connectivity index (χ1) is 7.85. The maximum absolute atomic E-state index is 2.31. The van der Waals surface area contributed by atoms with E-state index in [1.807, 2.05) is 4.90 Å². The van der Waals surface area contributed by atoms with E-state index in [0.29, 0.717) is 0 Å². The third kappa shape index (κ3) is 14.6. The van der Waals surface area contributed by atoms with E-state index in [-0.39, 0.29) is 24.0 Å². The molecule has 0 aliphatic carbocycles. The van der Waals surface area contributed by atoms with Crippen molar-refractivity contribution in [3.8, 4) is 0 Å². The molecule has 0 aromatic heterocycles. The van der Waals surface area contributed by atoms with Crippen LogP contribution in [0.1, 0.15) is 78.6 Å². The summed E-state index contributed by atoms with van der Waals surface area (Å²) < 4.78 is 0. The van der Waals surface area contributed by atoms with E-state index < -0.39 is 0 Å². The molecular weight excluding hydrogens is 321 g/mol. The van der Waals surface area contributed by atoms with E-state index in [1.165, 1.54) is 77.4 Å². The highest BCUT2D eigenvalue weighted by atomic mass is 127. The zero-order chi connectivity index (χ0) is 12.1. The molecule has 1 nitrogen and oxygen atoms in total. The van der Waals surface area contributed by atoms with E-state index in [4.69, 9.17) is 0 Å². The predicted octanol–water partition coefficient (Wildman–Crippen LogP) is 0.446. The van der Waals surface area contributed by atoms with Crippen LogP contribution in [0.4, 0.5) is 0 Å². The van der Waals surface area contributed by atoms with Crippen LogP contribution in [0.15, 0.2) is 0 Å². The molecule has 0 fully saturated rings.